The maximum absolute atomic E-state index is 12.4. The summed E-state index contributed by atoms with van der Waals surface area (Å²) >= 11 is 0. The van der Waals surface area contributed by atoms with Gasteiger partial charge in [0.25, 0.3) is 0 Å². The molecule has 5 heteroatoms. The molecule has 2 aliphatic rings. The van der Waals surface area contributed by atoms with Crippen LogP contribution in [-0.2, 0) is 9.53 Å². The number of ether oxygens (including phenoxy) is 1. The predicted molar refractivity (Wildman–Crippen MR) is 82.1 cm³/mol. The molecule has 1 heterocycles. The zero-order valence-electron chi connectivity index (χ0n) is 13.7. The lowest BCUT2D eigenvalue weighted by Gasteiger charge is -2.47. The molecule has 1 saturated heterocycles. The van der Waals surface area contributed by atoms with Gasteiger partial charge in [-0.05, 0) is 46.7 Å². The van der Waals surface area contributed by atoms with Crippen LogP contribution in [0, 0.1) is 0 Å². The first kappa shape index (κ1) is 16.7. The number of aliphatic hydroxyl groups excluding tert-OH is 1. The number of rotatable bonds is 4. The molecule has 1 aliphatic carbocycles. The highest BCUT2D eigenvalue weighted by Gasteiger charge is 2.46. The molecule has 2 rings (SSSR count). The van der Waals surface area contributed by atoms with Gasteiger partial charge < -0.3 is 9.84 Å². The number of piperidine rings is 1. The van der Waals surface area contributed by atoms with Gasteiger partial charge in [-0.3, -0.25) is 14.6 Å². The Morgan fingerprint density at radius 3 is 2.43 bits per heavy atom. The third kappa shape index (κ3) is 3.41. The number of hydrogen-bond donors (Lipinski definition) is 1. The molecule has 0 radical (unpaired) electrons. The number of carbonyl (C=O) groups is 1. The van der Waals surface area contributed by atoms with Crippen molar-refractivity contribution in [1.29, 1.82) is 0 Å². The molecule has 0 bridgehead atoms. The topological polar surface area (TPSA) is 53.0 Å². The second-order valence-corrected chi connectivity index (χ2v) is 6.60. The molecular formula is C16H30N2O3. The number of carbonyl (C=O) groups excluding carboxylic acids is 1. The van der Waals surface area contributed by atoms with E-state index in [1.165, 1.54) is 6.42 Å². The Bertz CT molecular complexity index is 351. The summed E-state index contributed by atoms with van der Waals surface area (Å²) in [5.74, 6) is -0.0983. The van der Waals surface area contributed by atoms with Crippen molar-refractivity contribution in [3.05, 3.63) is 0 Å². The fourth-order valence-corrected chi connectivity index (χ4v) is 3.84. The highest BCUT2D eigenvalue weighted by Crippen LogP contribution is 2.32. The second-order valence-electron chi connectivity index (χ2n) is 6.60. The number of likely N-dealkylation sites (N-methyl/N-ethyl adjacent to an activating group) is 1. The molecule has 21 heavy (non-hydrogen) atoms. The maximum Gasteiger partial charge on any atom is 0.326 e. The average molecular weight is 298 g/mol. The highest BCUT2D eigenvalue weighted by molar-refractivity contribution is 5.81. The molecule has 0 amide bonds. The van der Waals surface area contributed by atoms with Crippen molar-refractivity contribution >= 4 is 5.97 Å². The molecule has 1 aliphatic heterocycles. The third-order valence-electron chi connectivity index (χ3n) is 5.30. The van der Waals surface area contributed by atoms with Crippen LogP contribution in [0.15, 0.2) is 0 Å². The fraction of sp³-hybridized carbons (Fsp3) is 0.938. The quantitative estimate of drug-likeness (QED) is 0.792. The third-order valence-corrected chi connectivity index (χ3v) is 5.30. The Labute approximate surface area is 128 Å². The van der Waals surface area contributed by atoms with Gasteiger partial charge in [0.1, 0.15) is 5.54 Å². The molecule has 0 aromatic rings. The van der Waals surface area contributed by atoms with Gasteiger partial charge in [0.15, 0.2) is 0 Å². The van der Waals surface area contributed by atoms with Gasteiger partial charge in [0.2, 0.25) is 0 Å². The molecule has 0 spiro atoms. The van der Waals surface area contributed by atoms with E-state index >= 15 is 0 Å². The van der Waals surface area contributed by atoms with Crippen molar-refractivity contribution in [2.24, 2.45) is 0 Å². The smallest absolute Gasteiger partial charge is 0.326 e. The first-order chi connectivity index (χ1) is 10.0. The van der Waals surface area contributed by atoms with Crippen molar-refractivity contribution in [3.8, 4) is 0 Å². The van der Waals surface area contributed by atoms with Crippen molar-refractivity contribution < 1.29 is 14.6 Å². The minimum absolute atomic E-state index is 0.0983. The summed E-state index contributed by atoms with van der Waals surface area (Å²) in [5.41, 5.74) is -0.494. The minimum atomic E-state index is -0.494. The Kier molecular flexibility index (Phi) is 5.63. The van der Waals surface area contributed by atoms with Crippen LogP contribution in [0.5, 0.6) is 0 Å². The van der Waals surface area contributed by atoms with Crippen LogP contribution < -0.4 is 0 Å². The Hall–Kier alpha value is -0.650. The summed E-state index contributed by atoms with van der Waals surface area (Å²) in [6, 6.07) is 0.279. The number of likely N-dealkylation sites (tertiary alicyclic amines) is 1. The molecule has 0 aromatic carbocycles. The average Bonchev–Trinajstić information content (AvgIpc) is 2.48. The lowest BCUT2D eigenvalue weighted by molar-refractivity contribution is -0.160. The SMILES string of the molecule is CCOC(=O)C1(N(C)C)CCN([C@@H]2CCCC[C@H]2O)CC1. The number of nitrogens with zero attached hydrogens (tertiary/aromatic N) is 2. The molecule has 1 N–H and O–H groups in total. The number of esters is 1. The summed E-state index contributed by atoms with van der Waals surface area (Å²) in [4.78, 5) is 16.8. The van der Waals surface area contributed by atoms with E-state index < -0.39 is 5.54 Å². The van der Waals surface area contributed by atoms with E-state index in [4.69, 9.17) is 4.74 Å². The molecule has 2 atom stereocenters. The lowest BCUT2D eigenvalue weighted by Crippen LogP contribution is -2.60. The molecule has 122 valence electrons. The van der Waals surface area contributed by atoms with Gasteiger partial charge in [-0.1, -0.05) is 12.8 Å². The molecule has 0 aromatic heterocycles. The van der Waals surface area contributed by atoms with Crippen molar-refractivity contribution in [1.82, 2.24) is 9.80 Å². The second kappa shape index (κ2) is 7.07. The van der Waals surface area contributed by atoms with Crippen LogP contribution in [0.3, 0.4) is 0 Å². The zero-order valence-corrected chi connectivity index (χ0v) is 13.7. The minimum Gasteiger partial charge on any atom is -0.465 e. The van der Waals surface area contributed by atoms with E-state index in [0.29, 0.717) is 6.61 Å². The summed E-state index contributed by atoms with van der Waals surface area (Å²) in [6.45, 7) is 4.01. The Morgan fingerprint density at radius 2 is 1.90 bits per heavy atom. The fourth-order valence-electron chi connectivity index (χ4n) is 3.84. The van der Waals surface area contributed by atoms with E-state index in [1.807, 2.05) is 25.9 Å². The normalized spacial score (nSPS) is 30.3. The van der Waals surface area contributed by atoms with Crippen LogP contribution in [0.2, 0.25) is 0 Å². The summed E-state index contributed by atoms with van der Waals surface area (Å²) in [5, 5.41) is 10.2. The van der Waals surface area contributed by atoms with E-state index in [9.17, 15) is 9.90 Å². The van der Waals surface area contributed by atoms with E-state index in [-0.39, 0.29) is 18.1 Å². The summed E-state index contributed by atoms with van der Waals surface area (Å²) in [7, 11) is 3.92. The monoisotopic (exact) mass is 298 g/mol. The van der Waals surface area contributed by atoms with Gasteiger partial charge >= 0.3 is 5.97 Å². The number of aliphatic hydroxyl groups is 1. The van der Waals surface area contributed by atoms with Crippen LogP contribution in [0.25, 0.3) is 0 Å². The van der Waals surface area contributed by atoms with Crippen LogP contribution in [0.4, 0.5) is 0 Å². The van der Waals surface area contributed by atoms with E-state index in [2.05, 4.69) is 4.90 Å². The molecule has 5 nitrogen and oxygen atoms in total. The first-order valence-electron chi connectivity index (χ1n) is 8.28. The molecule has 2 fully saturated rings. The largest absolute Gasteiger partial charge is 0.465 e. The van der Waals surface area contributed by atoms with Gasteiger partial charge in [0.05, 0.1) is 12.7 Å². The standard InChI is InChI=1S/C16H30N2O3/c1-4-21-15(20)16(17(2)3)9-11-18(12-10-16)13-7-5-6-8-14(13)19/h13-14,19H,4-12H2,1-3H3/t13-,14-/m1/s1. The van der Waals surface area contributed by atoms with E-state index in [0.717, 1.165) is 45.2 Å². The lowest BCUT2D eigenvalue weighted by atomic mass is 9.83. The first-order valence-corrected chi connectivity index (χ1v) is 8.28. The van der Waals surface area contributed by atoms with Crippen LogP contribution >= 0.6 is 0 Å². The van der Waals surface area contributed by atoms with Gasteiger partial charge in [0, 0.05) is 19.1 Å². The number of hydrogen-bond acceptors (Lipinski definition) is 5. The Balaban J connectivity index is 2.00. The van der Waals surface area contributed by atoms with Gasteiger partial charge in [-0.25, -0.2) is 0 Å². The molecule has 1 saturated carbocycles. The summed E-state index contributed by atoms with van der Waals surface area (Å²) in [6.07, 6.45) is 5.69. The predicted octanol–water partition coefficient (Wildman–Crippen LogP) is 1.25. The maximum atomic E-state index is 12.4. The highest BCUT2D eigenvalue weighted by atomic mass is 16.5. The van der Waals surface area contributed by atoms with Crippen LogP contribution in [0.1, 0.15) is 45.4 Å². The van der Waals surface area contributed by atoms with Crippen LogP contribution in [-0.4, -0.2) is 72.4 Å². The Morgan fingerprint density at radius 1 is 1.29 bits per heavy atom. The molecular weight excluding hydrogens is 268 g/mol. The van der Waals surface area contributed by atoms with E-state index in [1.54, 1.807) is 0 Å². The van der Waals surface area contributed by atoms with Gasteiger partial charge in [-0.15, -0.1) is 0 Å². The summed E-state index contributed by atoms with van der Waals surface area (Å²) < 4.78 is 5.30. The van der Waals surface area contributed by atoms with Crippen molar-refractivity contribution in [2.75, 3.05) is 33.8 Å². The van der Waals surface area contributed by atoms with Crippen molar-refractivity contribution in [3.63, 3.8) is 0 Å². The van der Waals surface area contributed by atoms with Crippen molar-refractivity contribution in [2.45, 2.75) is 63.1 Å². The van der Waals surface area contributed by atoms with Gasteiger partial charge in [-0.2, -0.15) is 0 Å². The molecule has 0 unspecified atom stereocenters. The zero-order chi connectivity index (χ0) is 15.5.